The van der Waals surface area contributed by atoms with E-state index in [9.17, 15) is 31.9 Å². The number of hydrogen-bond donors (Lipinski definition) is 1. The number of amides is 1. The summed E-state index contributed by atoms with van der Waals surface area (Å²) in [5.41, 5.74) is 0.864. The second kappa shape index (κ2) is 14.3. The van der Waals surface area contributed by atoms with Gasteiger partial charge in [0.2, 0.25) is 10.0 Å². The van der Waals surface area contributed by atoms with E-state index in [1.54, 1.807) is 12.1 Å². The number of halogens is 2. The van der Waals surface area contributed by atoms with Crippen LogP contribution in [0.3, 0.4) is 0 Å². The molecule has 236 valence electrons. The molecule has 12 heteroatoms. The lowest BCUT2D eigenvalue weighted by Gasteiger charge is -2.30. The molecule has 1 fully saturated rings. The van der Waals surface area contributed by atoms with Crippen LogP contribution in [0.1, 0.15) is 25.8 Å². The van der Waals surface area contributed by atoms with E-state index in [2.05, 4.69) is 0 Å². The Balaban J connectivity index is 1.55. The average molecular weight is 631 g/mol. The number of sulfonamides is 1. The van der Waals surface area contributed by atoms with Gasteiger partial charge in [-0.3, -0.25) is 9.69 Å². The Bertz CT molecular complexity index is 1550. The van der Waals surface area contributed by atoms with Crippen LogP contribution in [0.25, 0.3) is 0 Å². The largest absolute Gasteiger partial charge is 0.497 e. The zero-order valence-corrected chi connectivity index (χ0v) is 25.5. The molecule has 1 aliphatic heterocycles. The zero-order valence-electron chi connectivity index (χ0n) is 24.7. The van der Waals surface area contributed by atoms with Crippen LogP contribution in [-0.2, 0) is 26.0 Å². The molecule has 3 atom stereocenters. The van der Waals surface area contributed by atoms with Gasteiger partial charge in [-0.15, -0.1) is 0 Å². The Hall–Kier alpha value is -3.87. The van der Waals surface area contributed by atoms with Gasteiger partial charge >= 0.3 is 6.09 Å². The van der Waals surface area contributed by atoms with E-state index in [0.29, 0.717) is 5.75 Å². The number of cyclic esters (lactones) is 1. The molecule has 1 amide bonds. The summed E-state index contributed by atoms with van der Waals surface area (Å²) >= 11 is 0. The van der Waals surface area contributed by atoms with Crippen molar-refractivity contribution in [1.29, 1.82) is 0 Å². The van der Waals surface area contributed by atoms with Crippen molar-refractivity contribution in [2.75, 3.05) is 31.6 Å². The minimum absolute atomic E-state index is 0.0389. The summed E-state index contributed by atoms with van der Waals surface area (Å²) in [5.74, 6) is -3.02. The molecule has 1 heterocycles. The summed E-state index contributed by atoms with van der Waals surface area (Å²) in [6, 6.07) is 18.0. The Morgan fingerprint density at radius 2 is 1.73 bits per heavy atom. The first-order valence-corrected chi connectivity index (χ1v) is 15.6. The standard InChI is InChI=1S/C32H36F2N2O7S/c1-21(2)18-35(44(40,41)26-12-10-25(42-3)11-13-26)19-30(38)23(15-22-7-5-4-6-8-22)16-29(37)31-20-36(32(39)43-31)24-9-14-27(33)28(34)17-24/h4-14,17,21,23,30-31,38H,15-16,18-20H2,1-3H3/t23-,30-,31+/m1/s1. The fourth-order valence-electron chi connectivity index (χ4n) is 5.08. The molecule has 44 heavy (non-hydrogen) atoms. The number of carbonyl (C=O) groups is 2. The molecule has 0 bridgehead atoms. The number of benzene rings is 3. The van der Waals surface area contributed by atoms with Gasteiger partial charge in [0, 0.05) is 25.6 Å². The van der Waals surface area contributed by atoms with Crippen LogP contribution in [0.5, 0.6) is 5.75 Å². The molecule has 1 N–H and O–H groups in total. The first kappa shape index (κ1) is 33.0. The summed E-state index contributed by atoms with van der Waals surface area (Å²) in [6.07, 6.45) is -3.33. The third-order valence-corrected chi connectivity index (χ3v) is 9.24. The first-order valence-electron chi connectivity index (χ1n) is 14.2. The van der Waals surface area contributed by atoms with Crippen molar-refractivity contribution in [2.45, 2.75) is 43.8 Å². The fourth-order valence-corrected chi connectivity index (χ4v) is 6.70. The summed E-state index contributed by atoms with van der Waals surface area (Å²) < 4.78 is 66.2. The van der Waals surface area contributed by atoms with Crippen LogP contribution in [0.4, 0.5) is 19.3 Å². The molecule has 0 spiro atoms. The van der Waals surface area contributed by atoms with E-state index >= 15 is 0 Å². The number of ether oxygens (including phenoxy) is 2. The van der Waals surface area contributed by atoms with Crippen LogP contribution in [-0.4, -0.2) is 68.7 Å². The lowest BCUT2D eigenvalue weighted by molar-refractivity contribution is -0.127. The third kappa shape index (κ3) is 7.99. The molecule has 0 saturated carbocycles. The molecule has 4 rings (SSSR count). The highest BCUT2D eigenvalue weighted by Crippen LogP contribution is 2.28. The van der Waals surface area contributed by atoms with Gasteiger partial charge in [0.15, 0.2) is 23.5 Å². The number of aliphatic hydroxyl groups excluding tert-OH is 1. The van der Waals surface area contributed by atoms with Crippen molar-refractivity contribution < 1.29 is 41.4 Å². The molecule has 0 radical (unpaired) electrons. The molecule has 1 saturated heterocycles. The number of Topliss-reactive ketones (excluding diaryl/α,β-unsaturated/α-hetero) is 1. The van der Waals surface area contributed by atoms with Gasteiger partial charge in [-0.05, 0) is 60.2 Å². The van der Waals surface area contributed by atoms with Crippen LogP contribution in [0.2, 0.25) is 0 Å². The molecule has 9 nitrogen and oxygen atoms in total. The molecule has 0 aliphatic carbocycles. The van der Waals surface area contributed by atoms with E-state index in [1.807, 2.05) is 44.2 Å². The average Bonchev–Trinajstić information content (AvgIpc) is 3.39. The summed E-state index contributed by atoms with van der Waals surface area (Å²) in [6.45, 7) is 3.36. The van der Waals surface area contributed by atoms with Gasteiger partial charge in [0.1, 0.15) is 5.75 Å². The van der Waals surface area contributed by atoms with Crippen molar-refractivity contribution in [3.63, 3.8) is 0 Å². The van der Waals surface area contributed by atoms with Crippen LogP contribution < -0.4 is 9.64 Å². The highest BCUT2D eigenvalue weighted by Gasteiger charge is 2.39. The van der Waals surface area contributed by atoms with Gasteiger partial charge < -0.3 is 14.6 Å². The molecular weight excluding hydrogens is 594 g/mol. The van der Waals surface area contributed by atoms with E-state index in [1.165, 1.54) is 29.6 Å². The molecule has 0 aromatic heterocycles. The van der Waals surface area contributed by atoms with E-state index in [-0.39, 0.29) is 49.0 Å². The first-order chi connectivity index (χ1) is 20.9. The maximum atomic E-state index is 13.8. The SMILES string of the molecule is COc1ccc(S(=O)(=O)N(CC(C)C)C[C@@H](O)[C@@H](CC(=O)[C@@H]2CN(c3ccc(F)c(F)c3)C(=O)O2)Cc2ccccc2)cc1. The maximum absolute atomic E-state index is 13.8. The molecule has 0 unspecified atom stereocenters. The van der Waals surface area contributed by atoms with Crippen molar-refractivity contribution >= 4 is 27.6 Å². The van der Waals surface area contributed by atoms with E-state index in [0.717, 1.165) is 22.6 Å². The lowest BCUT2D eigenvalue weighted by Crippen LogP contribution is -2.43. The summed E-state index contributed by atoms with van der Waals surface area (Å²) in [4.78, 5) is 27.1. The number of ketones is 1. The van der Waals surface area contributed by atoms with Gasteiger partial charge in [0.25, 0.3) is 0 Å². The Labute approximate surface area is 256 Å². The highest BCUT2D eigenvalue weighted by atomic mass is 32.2. The number of hydrogen-bond acceptors (Lipinski definition) is 7. The number of nitrogens with zero attached hydrogens (tertiary/aromatic N) is 2. The Kier molecular flexibility index (Phi) is 10.7. The molecule has 3 aromatic carbocycles. The molecular formula is C32H36F2N2O7S. The molecule has 1 aliphatic rings. The highest BCUT2D eigenvalue weighted by molar-refractivity contribution is 7.89. The smallest absolute Gasteiger partial charge is 0.415 e. The fraction of sp³-hybridized carbons (Fsp3) is 0.375. The maximum Gasteiger partial charge on any atom is 0.415 e. The van der Waals surface area contributed by atoms with Crippen LogP contribution >= 0.6 is 0 Å². The number of rotatable bonds is 14. The van der Waals surface area contributed by atoms with Gasteiger partial charge in [0.05, 0.1) is 30.3 Å². The Morgan fingerprint density at radius 3 is 2.34 bits per heavy atom. The minimum atomic E-state index is -4.02. The number of anilines is 1. The summed E-state index contributed by atoms with van der Waals surface area (Å²) in [7, 11) is -2.54. The van der Waals surface area contributed by atoms with Crippen molar-refractivity contribution in [3.05, 3.63) is 90.0 Å². The second-order valence-corrected chi connectivity index (χ2v) is 13.1. The monoisotopic (exact) mass is 630 g/mol. The lowest BCUT2D eigenvalue weighted by atomic mass is 9.88. The van der Waals surface area contributed by atoms with E-state index in [4.69, 9.17) is 9.47 Å². The zero-order chi connectivity index (χ0) is 32.0. The normalized spacial score (nSPS) is 16.7. The van der Waals surface area contributed by atoms with E-state index < -0.39 is 51.7 Å². The van der Waals surface area contributed by atoms with Crippen LogP contribution in [0.15, 0.2) is 77.7 Å². The second-order valence-electron chi connectivity index (χ2n) is 11.2. The van der Waals surface area contributed by atoms with Crippen molar-refractivity contribution in [1.82, 2.24) is 4.31 Å². The number of aliphatic hydroxyl groups is 1. The topological polar surface area (TPSA) is 113 Å². The van der Waals surface area contributed by atoms with Crippen molar-refractivity contribution in [3.8, 4) is 5.75 Å². The predicted octanol–water partition coefficient (Wildman–Crippen LogP) is 4.82. The number of carbonyl (C=O) groups excluding carboxylic acids is 2. The minimum Gasteiger partial charge on any atom is -0.497 e. The van der Waals surface area contributed by atoms with Gasteiger partial charge in [-0.2, -0.15) is 4.31 Å². The Morgan fingerprint density at radius 1 is 1.05 bits per heavy atom. The predicted molar refractivity (Wildman–Crippen MR) is 160 cm³/mol. The quantitative estimate of drug-likeness (QED) is 0.272. The number of methoxy groups -OCH3 is 1. The van der Waals surface area contributed by atoms with Gasteiger partial charge in [-0.25, -0.2) is 22.0 Å². The molecule has 3 aromatic rings. The van der Waals surface area contributed by atoms with Crippen LogP contribution in [0, 0.1) is 23.5 Å². The third-order valence-electron chi connectivity index (χ3n) is 7.39. The van der Waals surface area contributed by atoms with Gasteiger partial charge in [-0.1, -0.05) is 44.2 Å². The van der Waals surface area contributed by atoms with Crippen molar-refractivity contribution in [2.24, 2.45) is 11.8 Å². The summed E-state index contributed by atoms with van der Waals surface area (Å²) in [5, 5.41) is 11.5.